The van der Waals surface area contributed by atoms with Gasteiger partial charge in [-0.15, -0.1) is 13.2 Å². The average molecular weight is 635 g/mol. The van der Waals surface area contributed by atoms with E-state index >= 15 is 0 Å². The maximum Gasteiger partial charge on any atom is 0.573 e. The summed E-state index contributed by atoms with van der Waals surface area (Å²) in [4.78, 5) is 31.8. The predicted molar refractivity (Wildman–Crippen MR) is 157 cm³/mol. The van der Waals surface area contributed by atoms with Gasteiger partial charge in [-0.25, -0.2) is 8.42 Å². The lowest BCUT2D eigenvalue weighted by Gasteiger charge is -2.34. The molecule has 0 bridgehead atoms. The van der Waals surface area contributed by atoms with Gasteiger partial charge in [0.25, 0.3) is 5.91 Å². The summed E-state index contributed by atoms with van der Waals surface area (Å²) in [7, 11) is -3.87. The second kappa shape index (κ2) is 11.6. The number of carbonyl (C=O) groups excluding carboxylic acids is 2. The Kier molecular flexibility index (Phi) is 8.37. The van der Waals surface area contributed by atoms with Crippen LogP contribution in [0.15, 0.2) is 46.8 Å². The average Bonchev–Trinajstić information content (AvgIpc) is 3.42. The standard InChI is InChI=1S/C30H33F3N4O6S/c1-18-13-22(37-23(17-38)15-20(3)27(37)39)14-19(2)25(18)7-12-44(41,42)36-10-8-29(9-11-36)28(40)34-26(35-29)21-5-4-6-24(16-21)43-30(31,32)33/h4-7,12-14,16,20,23,38H,8-11,15,17H2,1-3H3,(H,34,35,40)/b12-7+. The number of rotatable bonds is 7. The number of piperidine rings is 1. The van der Waals surface area contributed by atoms with Gasteiger partial charge in [0.05, 0.1) is 12.6 Å². The number of aliphatic imine (C=N–C) groups is 1. The van der Waals surface area contributed by atoms with Gasteiger partial charge in [-0.2, -0.15) is 4.31 Å². The third kappa shape index (κ3) is 6.24. The number of ether oxygens (including phenoxy) is 1. The minimum atomic E-state index is -4.87. The Bertz CT molecular complexity index is 1620. The smallest absolute Gasteiger partial charge is 0.406 e. The molecule has 5 rings (SSSR count). The van der Waals surface area contributed by atoms with Crippen molar-refractivity contribution in [2.24, 2.45) is 10.9 Å². The van der Waals surface area contributed by atoms with Crippen LogP contribution in [0.1, 0.15) is 48.4 Å². The van der Waals surface area contributed by atoms with E-state index in [1.807, 2.05) is 32.9 Å². The van der Waals surface area contributed by atoms with Crippen molar-refractivity contribution in [1.82, 2.24) is 9.62 Å². The Labute approximate surface area is 253 Å². The number of halogens is 3. The Hall–Kier alpha value is -3.75. The first kappa shape index (κ1) is 31.7. The molecule has 2 fully saturated rings. The Balaban J connectivity index is 1.29. The fourth-order valence-electron chi connectivity index (χ4n) is 6.06. The second-order valence-corrected chi connectivity index (χ2v) is 13.3. The third-order valence-electron chi connectivity index (χ3n) is 8.35. The zero-order chi connectivity index (χ0) is 32.0. The highest BCUT2D eigenvalue weighted by molar-refractivity contribution is 7.92. The molecule has 2 saturated heterocycles. The highest BCUT2D eigenvalue weighted by atomic mass is 32.2. The summed E-state index contributed by atoms with van der Waals surface area (Å²) >= 11 is 0. The molecule has 236 valence electrons. The van der Waals surface area contributed by atoms with Gasteiger partial charge in [0.15, 0.2) is 0 Å². The lowest BCUT2D eigenvalue weighted by molar-refractivity contribution is -0.274. The third-order valence-corrected chi connectivity index (χ3v) is 9.92. The summed E-state index contributed by atoms with van der Waals surface area (Å²) in [6.07, 6.45) is -2.61. The quantitative estimate of drug-likeness (QED) is 0.479. The van der Waals surface area contributed by atoms with Crippen molar-refractivity contribution in [3.05, 3.63) is 64.1 Å². The van der Waals surface area contributed by atoms with Crippen LogP contribution >= 0.6 is 0 Å². The number of aryl methyl sites for hydroxylation is 2. The molecule has 2 atom stereocenters. The Morgan fingerprint density at radius 3 is 2.41 bits per heavy atom. The maximum absolute atomic E-state index is 13.3. The van der Waals surface area contributed by atoms with Crippen molar-refractivity contribution >= 4 is 39.4 Å². The van der Waals surface area contributed by atoms with Crippen LogP contribution in [0, 0.1) is 19.8 Å². The Morgan fingerprint density at radius 1 is 1.14 bits per heavy atom. The molecule has 0 radical (unpaired) electrons. The van der Waals surface area contributed by atoms with Crippen LogP contribution in [0.5, 0.6) is 5.75 Å². The zero-order valence-electron chi connectivity index (χ0n) is 24.4. The van der Waals surface area contributed by atoms with E-state index in [1.165, 1.54) is 22.5 Å². The van der Waals surface area contributed by atoms with Crippen molar-refractivity contribution in [3.8, 4) is 5.75 Å². The highest BCUT2D eigenvalue weighted by Gasteiger charge is 2.47. The molecule has 2 unspecified atom stereocenters. The van der Waals surface area contributed by atoms with Crippen LogP contribution in [-0.4, -0.2) is 73.1 Å². The fraction of sp³-hybridized carbons (Fsp3) is 0.433. The van der Waals surface area contributed by atoms with E-state index in [9.17, 15) is 36.3 Å². The molecule has 3 aliphatic heterocycles. The summed E-state index contributed by atoms with van der Waals surface area (Å²) in [5.74, 6) is -1.05. The number of anilines is 1. The molecule has 2 aromatic rings. The molecule has 44 heavy (non-hydrogen) atoms. The van der Waals surface area contributed by atoms with E-state index < -0.39 is 33.6 Å². The number of aliphatic hydroxyl groups is 1. The van der Waals surface area contributed by atoms with Crippen molar-refractivity contribution in [2.45, 2.75) is 58.0 Å². The molecule has 1 spiro atoms. The first-order chi connectivity index (χ1) is 20.6. The first-order valence-electron chi connectivity index (χ1n) is 14.1. The summed E-state index contributed by atoms with van der Waals surface area (Å²) < 4.78 is 69.7. The van der Waals surface area contributed by atoms with E-state index in [0.29, 0.717) is 17.7 Å². The second-order valence-electron chi connectivity index (χ2n) is 11.4. The van der Waals surface area contributed by atoms with Gasteiger partial charge in [-0.3, -0.25) is 14.6 Å². The van der Waals surface area contributed by atoms with Crippen LogP contribution in [0.4, 0.5) is 18.9 Å². The molecule has 3 aliphatic rings. The van der Waals surface area contributed by atoms with Gasteiger partial charge in [0.1, 0.15) is 17.1 Å². The number of hydrogen-bond donors (Lipinski definition) is 2. The molecular weight excluding hydrogens is 601 g/mol. The van der Waals surface area contributed by atoms with E-state index in [-0.39, 0.29) is 61.8 Å². The maximum atomic E-state index is 13.3. The first-order valence-corrected chi connectivity index (χ1v) is 15.6. The van der Waals surface area contributed by atoms with Gasteiger partial charge in [-0.1, -0.05) is 19.1 Å². The molecule has 14 heteroatoms. The summed E-state index contributed by atoms with van der Waals surface area (Å²) in [5, 5.41) is 13.5. The fourth-order valence-corrected chi connectivity index (χ4v) is 7.23. The monoisotopic (exact) mass is 634 g/mol. The molecule has 10 nitrogen and oxygen atoms in total. The largest absolute Gasteiger partial charge is 0.573 e. The molecule has 2 N–H and O–H groups in total. The molecule has 0 aliphatic carbocycles. The van der Waals surface area contributed by atoms with E-state index in [0.717, 1.165) is 28.7 Å². The van der Waals surface area contributed by atoms with Crippen molar-refractivity contribution in [3.63, 3.8) is 0 Å². The molecule has 2 amide bonds. The number of hydrogen-bond acceptors (Lipinski definition) is 7. The number of sulfonamides is 1. The number of aliphatic hydroxyl groups excluding tert-OH is 1. The minimum absolute atomic E-state index is 0.0167. The predicted octanol–water partition coefficient (Wildman–Crippen LogP) is 3.65. The van der Waals surface area contributed by atoms with E-state index in [1.54, 1.807) is 4.90 Å². The summed E-state index contributed by atoms with van der Waals surface area (Å²) in [5.41, 5.74) is 1.88. The van der Waals surface area contributed by atoms with Crippen molar-refractivity contribution in [1.29, 1.82) is 0 Å². The molecule has 0 aromatic heterocycles. The number of alkyl halides is 3. The van der Waals surface area contributed by atoms with Crippen LogP contribution in [0.2, 0.25) is 0 Å². The zero-order valence-corrected chi connectivity index (χ0v) is 25.2. The number of carbonyl (C=O) groups is 2. The van der Waals surface area contributed by atoms with Gasteiger partial charge in [0.2, 0.25) is 15.9 Å². The van der Waals surface area contributed by atoms with Crippen LogP contribution < -0.4 is 15.0 Å². The topological polar surface area (TPSA) is 129 Å². The van der Waals surface area contributed by atoms with Gasteiger partial charge >= 0.3 is 6.36 Å². The lowest BCUT2D eigenvalue weighted by atomic mass is 9.89. The van der Waals surface area contributed by atoms with Gasteiger partial charge < -0.3 is 20.1 Å². The van der Waals surface area contributed by atoms with E-state index in [2.05, 4.69) is 15.0 Å². The number of nitrogens with one attached hydrogen (secondary N) is 1. The van der Waals surface area contributed by atoms with Crippen LogP contribution in [-0.2, 0) is 19.6 Å². The normalized spacial score (nSPS) is 22.6. The van der Waals surface area contributed by atoms with Crippen molar-refractivity contribution < 1.29 is 41.0 Å². The van der Waals surface area contributed by atoms with Crippen molar-refractivity contribution in [2.75, 3.05) is 24.6 Å². The number of amidine groups is 1. The highest BCUT2D eigenvalue weighted by Crippen LogP contribution is 2.35. The lowest BCUT2D eigenvalue weighted by Crippen LogP contribution is -2.50. The SMILES string of the molecule is Cc1cc(N2C(=O)C(C)CC2CO)cc(C)c1/C=C/S(=O)(=O)N1CCC2(CC1)N=C(c1cccc(OC(F)(F)F)c1)NC2=O. The Morgan fingerprint density at radius 2 is 1.80 bits per heavy atom. The van der Waals surface area contributed by atoms with Gasteiger partial charge in [0, 0.05) is 35.7 Å². The summed E-state index contributed by atoms with van der Waals surface area (Å²) in [6, 6.07) is 8.42. The molecule has 2 aromatic carbocycles. The van der Waals surface area contributed by atoms with Crippen LogP contribution in [0.3, 0.4) is 0 Å². The molecule has 3 heterocycles. The molecular formula is C30H33F3N4O6S. The minimum Gasteiger partial charge on any atom is -0.406 e. The van der Waals surface area contributed by atoms with Gasteiger partial charge in [-0.05, 0) is 80.1 Å². The molecule has 0 saturated carbocycles. The number of benzene rings is 2. The number of nitrogens with zero attached hydrogens (tertiary/aromatic N) is 3. The number of amides is 2. The van der Waals surface area contributed by atoms with E-state index in [4.69, 9.17) is 0 Å². The summed E-state index contributed by atoms with van der Waals surface area (Å²) in [6.45, 7) is 5.36. The van der Waals surface area contributed by atoms with Crippen LogP contribution in [0.25, 0.3) is 6.08 Å².